The van der Waals surface area contributed by atoms with Crippen LogP contribution in [-0.4, -0.2) is 41.9 Å². The highest BCUT2D eigenvalue weighted by Gasteiger charge is 2.24. The molecule has 2 aromatic rings. The number of benzene rings is 2. The van der Waals surface area contributed by atoms with Crippen molar-refractivity contribution in [1.82, 2.24) is 4.90 Å². The second-order valence-corrected chi connectivity index (χ2v) is 6.52. The average Bonchev–Trinajstić information content (AvgIpc) is 2.62. The van der Waals surface area contributed by atoms with E-state index >= 15 is 0 Å². The van der Waals surface area contributed by atoms with Gasteiger partial charge in [-0.15, -0.1) is 0 Å². The lowest BCUT2D eigenvalue weighted by atomic mass is 10.1. The molecule has 0 unspecified atom stereocenters. The smallest absolute Gasteiger partial charge is 0.288 e. The SMILES string of the molecule is O=C(c1ccc(Cl)c([N+](=O)[O-])c1)N1CCN(c2ccc(Cl)cc2)CC1. The van der Waals surface area contributed by atoms with Gasteiger partial charge in [0.1, 0.15) is 5.02 Å². The predicted octanol–water partition coefficient (Wildman–Crippen LogP) is 3.86. The summed E-state index contributed by atoms with van der Waals surface area (Å²) in [5.74, 6) is -0.226. The lowest BCUT2D eigenvalue weighted by Crippen LogP contribution is -2.48. The maximum Gasteiger partial charge on any atom is 0.288 e. The number of piperazine rings is 1. The molecule has 130 valence electrons. The predicted molar refractivity (Wildman–Crippen MR) is 97.7 cm³/mol. The van der Waals surface area contributed by atoms with Gasteiger partial charge in [-0.05, 0) is 36.4 Å². The summed E-state index contributed by atoms with van der Waals surface area (Å²) in [5.41, 5.74) is 1.07. The summed E-state index contributed by atoms with van der Waals surface area (Å²) in [4.78, 5) is 26.9. The van der Waals surface area contributed by atoms with Gasteiger partial charge in [0, 0.05) is 48.5 Å². The van der Waals surface area contributed by atoms with Crippen molar-refractivity contribution in [3.63, 3.8) is 0 Å². The molecule has 1 saturated heterocycles. The van der Waals surface area contributed by atoms with Gasteiger partial charge in [-0.3, -0.25) is 14.9 Å². The Kier molecular flexibility index (Phi) is 5.11. The number of carbonyl (C=O) groups is 1. The fourth-order valence-electron chi connectivity index (χ4n) is 2.79. The number of nitro benzene ring substituents is 1. The molecule has 6 nitrogen and oxygen atoms in total. The van der Waals surface area contributed by atoms with Gasteiger partial charge in [0.15, 0.2) is 0 Å². The molecule has 0 spiro atoms. The lowest BCUT2D eigenvalue weighted by molar-refractivity contribution is -0.384. The molecule has 0 atom stereocenters. The summed E-state index contributed by atoms with van der Waals surface area (Å²) in [6.07, 6.45) is 0. The van der Waals surface area contributed by atoms with E-state index in [1.165, 1.54) is 18.2 Å². The van der Waals surface area contributed by atoms with Crippen LogP contribution in [0.3, 0.4) is 0 Å². The number of halogens is 2. The first-order chi connectivity index (χ1) is 12.0. The minimum Gasteiger partial charge on any atom is -0.368 e. The monoisotopic (exact) mass is 379 g/mol. The van der Waals surface area contributed by atoms with Gasteiger partial charge in [-0.1, -0.05) is 23.2 Å². The molecule has 2 aromatic carbocycles. The number of hydrogen-bond acceptors (Lipinski definition) is 4. The van der Waals surface area contributed by atoms with Crippen LogP contribution in [0, 0.1) is 10.1 Å². The van der Waals surface area contributed by atoms with E-state index < -0.39 is 4.92 Å². The first-order valence-electron chi connectivity index (χ1n) is 7.69. The van der Waals surface area contributed by atoms with E-state index in [1.54, 1.807) is 4.90 Å². The topological polar surface area (TPSA) is 66.7 Å². The normalized spacial score (nSPS) is 14.5. The van der Waals surface area contributed by atoms with Crippen molar-refractivity contribution >= 4 is 40.5 Å². The van der Waals surface area contributed by atoms with Gasteiger partial charge in [0.2, 0.25) is 0 Å². The molecule has 25 heavy (non-hydrogen) atoms. The van der Waals surface area contributed by atoms with E-state index in [-0.39, 0.29) is 22.2 Å². The maximum absolute atomic E-state index is 12.6. The molecule has 1 aliphatic rings. The van der Waals surface area contributed by atoms with E-state index in [9.17, 15) is 14.9 Å². The van der Waals surface area contributed by atoms with Crippen LogP contribution in [0.25, 0.3) is 0 Å². The third kappa shape index (κ3) is 3.86. The number of amides is 1. The molecule has 3 rings (SSSR count). The lowest BCUT2D eigenvalue weighted by Gasteiger charge is -2.36. The molecule has 0 bridgehead atoms. The highest BCUT2D eigenvalue weighted by atomic mass is 35.5. The quantitative estimate of drug-likeness (QED) is 0.599. The Morgan fingerprint density at radius 3 is 2.24 bits per heavy atom. The van der Waals surface area contributed by atoms with Gasteiger partial charge in [-0.2, -0.15) is 0 Å². The van der Waals surface area contributed by atoms with Crippen molar-refractivity contribution in [3.8, 4) is 0 Å². The van der Waals surface area contributed by atoms with Crippen molar-refractivity contribution < 1.29 is 9.72 Å². The van der Waals surface area contributed by atoms with Crippen LogP contribution in [0.2, 0.25) is 10.0 Å². The standard InChI is InChI=1S/C17H15Cl2N3O3/c18-13-2-4-14(5-3-13)20-7-9-21(10-8-20)17(23)12-1-6-15(19)16(11-12)22(24)25/h1-6,11H,7-10H2. The van der Waals surface area contributed by atoms with Gasteiger partial charge < -0.3 is 9.80 Å². The second-order valence-electron chi connectivity index (χ2n) is 5.68. The fourth-order valence-corrected chi connectivity index (χ4v) is 3.10. The zero-order chi connectivity index (χ0) is 18.0. The molecule has 1 aliphatic heterocycles. The van der Waals surface area contributed by atoms with E-state index in [4.69, 9.17) is 23.2 Å². The summed E-state index contributed by atoms with van der Waals surface area (Å²) in [5, 5.41) is 11.7. The molecule has 1 fully saturated rings. The van der Waals surface area contributed by atoms with Crippen LogP contribution < -0.4 is 4.90 Å². The molecule has 0 radical (unpaired) electrons. The summed E-state index contributed by atoms with van der Waals surface area (Å²) in [7, 11) is 0. The molecule has 8 heteroatoms. The Labute approximate surface area is 154 Å². The van der Waals surface area contributed by atoms with Crippen LogP contribution in [0.5, 0.6) is 0 Å². The van der Waals surface area contributed by atoms with E-state index in [0.29, 0.717) is 31.2 Å². The Bertz CT molecular complexity index is 803. The van der Waals surface area contributed by atoms with E-state index in [1.807, 2.05) is 24.3 Å². The summed E-state index contributed by atoms with van der Waals surface area (Å²) in [6.45, 7) is 2.45. The van der Waals surface area contributed by atoms with Gasteiger partial charge in [0.25, 0.3) is 11.6 Å². The first-order valence-corrected chi connectivity index (χ1v) is 8.45. The van der Waals surface area contributed by atoms with Crippen molar-refractivity contribution in [2.24, 2.45) is 0 Å². The molecule has 1 heterocycles. The summed E-state index contributed by atoms with van der Waals surface area (Å²) >= 11 is 11.7. The minimum atomic E-state index is -0.586. The van der Waals surface area contributed by atoms with Gasteiger partial charge in [0.05, 0.1) is 4.92 Å². The van der Waals surface area contributed by atoms with Crippen molar-refractivity contribution in [2.45, 2.75) is 0 Å². The first kappa shape index (κ1) is 17.5. The Hall–Kier alpha value is -2.31. The number of nitro groups is 1. The third-order valence-corrected chi connectivity index (χ3v) is 4.72. The molecular formula is C17H15Cl2N3O3. The molecule has 0 aliphatic carbocycles. The maximum atomic E-state index is 12.6. The zero-order valence-electron chi connectivity index (χ0n) is 13.2. The number of nitrogens with zero attached hydrogens (tertiary/aromatic N) is 3. The van der Waals surface area contributed by atoms with Crippen LogP contribution in [0.1, 0.15) is 10.4 Å². The second kappa shape index (κ2) is 7.29. The Balaban J connectivity index is 1.68. The van der Waals surface area contributed by atoms with Crippen molar-refractivity contribution in [2.75, 3.05) is 31.1 Å². The third-order valence-electron chi connectivity index (χ3n) is 4.15. The highest BCUT2D eigenvalue weighted by molar-refractivity contribution is 6.32. The molecule has 0 N–H and O–H groups in total. The number of hydrogen-bond donors (Lipinski definition) is 0. The molecular weight excluding hydrogens is 365 g/mol. The van der Waals surface area contributed by atoms with Crippen LogP contribution in [0.15, 0.2) is 42.5 Å². The highest BCUT2D eigenvalue weighted by Crippen LogP contribution is 2.26. The summed E-state index contributed by atoms with van der Waals surface area (Å²) < 4.78 is 0. The average molecular weight is 380 g/mol. The molecule has 0 saturated carbocycles. The Morgan fingerprint density at radius 1 is 1.00 bits per heavy atom. The minimum absolute atomic E-state index is 0.0223. The molecule has 0 aromatic heterocycles. The van der Waals surface area contributed by atoms with Gasteiger partial charge in [-0.25, -0.2) is 0 Å². The van der Waals surface area contributed by atoms with Crippen LogP contribution in [-0.2, 0) is 0 Å². The largest absolute Gasteiger partial charge is 0.368 e. The van der Waals surface area contributed by atoms with Gasteiger partial charge >= 0.3 is 0 Å². The van der Waals surface area contributed by atoms with E-state index in [0.717, 1.165) is 5.69 Å². The zero-order valence-corrected chi connectivity index (χ0v) is 14.7. The number of rotatable bonds is 3. The van der Waals surface area contributed by atoms with Crippen LogP contribution >= 0.6 is 23.2 Å². The van der Waals surface area contributed by atoms with Crippen molar-refractivity contribution in [3.05, 3.63) is 68.2 Å². The number of anilines is 1. The van der Waals surface area contributed by atoms with E-state index in [2.05, 4.69) is 4.90 Å². The Morgan fingerprint density at radius 2 is 1.64 bits per heavy atom. The number of carbonyl (C=O) groups excluding carboxylic acids is 1. The fraction of sp³-hybridized carbons (Fsp3) is 0.235. The van der Waals surface area contributed by atoms with Crippen LogP contribution in [0.4, 0.5) is 11.4 Å². The van der Waals surface area contributed by atoms with Crippen molar-refractivity contribution in [1.29, 1.82) is 0 Å². The summed E-state index contributed by atoms with van der Waals surface area (Å²) in [6, 6.07) is 11.7. The molecule has 1 amide bonds.